The number of rotatable bonds is 5. The van der Waals surface area contributed by atoms with Gasteiger partial charge in [-0.2, -0.15) is 5.26 Å². The molecule has 2 atom stereocenters. The Labute approximate surface area is 103 Å². The number of hydrogen-bond acceptors (Lipinski definition) is 3. The van der Waals surface area contributed by atoms with Crippen LogP contribution in [0.25, 0.3) is 0 Å². The zero-order valence-electron chi connectivity index (χ0n) is 10.5. The largest absolute Gasteiger partial charge is 0.351 e. The lowest BCUT2D eigenvalue weighted by atomic mass is 10.0. The van der Waals surface area contributed by atoms with Crippen LogP contribution in [-0.2, 0) is 4.79 Å². The summed E-state index contributed by atoms with van der Waals surface area (Å²) in [5.74, 6) is -0.535. The van der Waals surface area contributed by atoms with Crippen LogP contribution in [0.1, 0.15) is 39.0 Å². The van der Waals surface area contributed by atoms with E-state index in [0.29, 0.717) is 6.42 Å². The Hall–Kier alpha value is -1.08. The molecule has 17 heavy (non-hydrogen) atoms. The first-order valence-corrected chi connectivity index (χ1v) is 6.68. The van der Waals surface area contributed by atoms with Crippen molar-refractivity contribution in [2.24, 2.45) is 5.92 Å². The number of hydrogen-bond donors (Lipinski definition) is 1. The monoisotopic (exact) mass is 235 g/mol. The third-order valence-electron chi connectivity index (χ3n) is 3.68. The molecule has 1 aliphatic heterocycles. The molecular formula is C13H21N3O. The molecule has 0 aromatic heterocycles. The van der Waals surface area contributed by atoms with Crippen molar-refractivity contribution in [3.05, 3.63) is 0 Å². The maximum Gasteiger partial charge on any atom is 0.237 e. The Morgan fingerprint density at radius 1 is 1.53 bits per heavy atom. The second-order valence-corrected chi connectivity index (χ2v) is 5.19. The van der Waals surface area contributed by atoms with Gasteiger partial charge < -0.3 is 5.32 Å². The van der Waals surface area contributed by atoms with Crippen LogP contribution in [0.4, 0.5) is 0 Å². The number of likely N-dealkylation sites (tertiary alicyclic amines) is 1. The van der Waals surface area contributed by atoms with E-state index in [0.717, 1.165) is 32.0 Å². The fraction of sp³-hybridized carbons (Fsp3) is 0.846. The molecule has 0 spiro atoms. The van der Waals surface area contributed by atoms with E-state index in [9.17, 15) is 4.79 Å². The summed E-state index contributed by atoms with van der Waals surface area (Å²) >= 11 is 0. The van der Waals surface area contributed by atoms with Crippen molar-refractivity contribution >= 4 is 5.91 Å². The van der Waals surface area contributed by atoms with Gasteiger partial charge in [0.2, 0.25) is 5.91 Å². The van der Waals surface area contributed by atoms with E-state index in [1.54, 1.807) is 0 Å². The molecular weight excluding hydrogens is 214 g/mol. The SMILES string of the molecule is CCCC(C#N)C(=O)NC1CCN(C2CC2)C1. The summed E-state index contributed by atoms with van der Waals surface area (Å²) in [6.45, 7) is 4.07. The summed E-state index contributed by atoms with van der Waals surface area (Å²) in [5.41, 5.74) is 0. The zero-order chi connectivity index (χ0) is 12.3. The molecule has 1 N–H and O–H groups in total. The maximum atomic E-state index is 11.9. The highest BCUT2D eigenvalue weighted by molar-refractivity contribution is 5.81. The molecule has 1 saturated heterocycles. The Bertz CT molecular complexity index is 319. The number of carbonyl (C=O) groups excluding carboxylic acids is 1. The first kappa shape index (κ1) is 12.4. The topological polar surface area (TPSA) is 56.1 Å². The van der Waals surface area contributed by atoms with Gasteiger partial charge in [0, 0.05) is 25.2 Å². The summed E-state index contributed by atoms with van der Waals surface area (Å²) < 4.78 is 0. The van der Waals surface area contributed by atoms with Crippen LogP contribution < -0.4 is 5.32 Å². The van der Waals surface area contributed by atoms with Crippen LogP contribution in [0.3, 0.4) is 0 Å². The second kappa shape index (κ2) is 5.50. The van der Waals surface area contributed by atoms with Gasteiger partial charge >= 0.3 is 0 Å². The first-order chi connectivity index (χ1) is 8.24. The smallest absolute Gasteiger partial charge is 0.237 e. The molecule has 2 fully saturated rings. The summed E-state index contributed by atoms with van der Waals surface area (Å²) in [4.78, 5) is 14.3. The van der Waals surface area contributed by atoms with Gasteiger partial charge in [0.15, 0.2) is 0 Å². The lowest BCUT2D eigenvalue weighted by Crippen LogP contribution is -2.40. The summed E-state index contributed by atoms with van der Waals surface area (Å²) in [5, 5.41) is 12.0. The van der Waals surface area contributed by atoms with Crippen LogP contribution in [0.5, 0.6) is 0 Å². The predicted molar refractivity (Wildman–Crippen MR) is 65.2 cm³/mol. The lowest BCUT2D eigenvalue weighted by Gasteiger charge is -2.17. The third-order valence-corrected chi connectivity index (χ3v) is 3.68. The maximum absolute atomic E-state index is 11.9. The molecule has 1 saturated carbocycles. The second-order valence-electron chi connectivity index (χ2n) is 5.19. The van der Waals surface area contributed by atoms with E-state index >= 15 is 0 Å². The number of amides is 1. The van der Waals surface area contributed by atoms with Gasteiger partial charge in [-0.25, -0.2) is 0 Å². The van der Waals surface area contributed by atoms with Gasteiger partial charge in [-0.1, -0.05) is 13.3 Å². The molecule has 1 aliphatic carbocycles. The fourth-order valence-electron chi connectivity index (χ4n) is 2.52. The molecule has 0 radical (unpaired) electrons. The van der Waals surface area contributed by atoms with Gasteiger partial charge in [-0.3, -0.25) is 9.69 Å². The van der Waals surface area contributed by atoms with Gasteiger partial charge in [-0.05, 0) is 25.7 Å². The van der Waals surface area contributed by atoms with Crippen molar-refractivity contribution in [2.75, 3.05) is 13.1 Å². The minimum atomic E-state index is -0.463. The quantitative estimate of drug-likeness (QED) is 0.781. The van der Waals surface area contributed by atoms with E-state index < -0.39 is 5.92 Å². The summed E-state index contributed by atoms with van der Waals surface area (Å²) in [6.07, 6.45) is 5.22. The van der Waals surface area contributed by atoms with E-state index in [1.165, 1.54) is 12.8 Å². The fourth-order valence-corrected chi connectivity index (χ4v) is 2.52. The Kier molecular flexibility index (Phi) is 4.01. The highest BCUT2D eigenvalue weighted by Crippen LogP contribution is 2.29. The molecule has 4 heteroatoms. The van der Waals surface area contributed by atoms with E-state index in [1.807, 2.05) is 6.92 Å². The minimum Gasteiger partial charge on any atom is -0.351 e. The molecule has 94 valence electrons. The Morgan fingerprint density at radius 2 is 2.29 bits per heavy atom. The van der Waals surface area contributed by atoms with Gasteiger partial charge in [-0.15, -0.1) is 0 Å². The van der Waals surface area contributed by atoms with Crippen molar-refractivity contribution < 1.29 is 4.79 Å². The first-order valence-electron chi connectivity index (χ1n) is 6.68. The van der Waals surface area contributed by atoms with Crippen LogP contribution in [0, 0.1) is 17.2 Å². The van der Waals surface area contributed by atoms with E-state index in [4.69, 9.17) is 5.26 Å². The highest BCUT2D eigenvalue weighted by Gasteiger charge is 2.35. The molecule has 1 heterocycles. The molecule has 1 amide bonds. The lowest BCUT2D eigenvalue weighted by molar-refractivity contribution is -0.124. The molecule has 2 unspecified atom stereocenters. The minimum absolute atomic E-state index is 0.0722. The third kappa shape index (κ3) is 3.19. The van der Waals surface area contributed by atoms with Gasteiger partial charge in [0.25, 0.3) is 0 Å². The van der Waals surface area contributed by atoms with Crippen molar-refractivity contribution in [1.29, 1.82) is 5.26 Å². The Morgan fingerprint density at radius 3 is 2.88 bits per heavy atom. The average Bonchev–Trinajstić information content (AvgIpc) is 3.07. The van der Waals surface area contributed by atoms with Gasteiger partial charge in [0.05, 0.1) is 6.07 Å². The van der Waals surface area contributed by atoms with Crippen molar-refractivity contribution in [2.45, 2.75) is 51.1 Å². The van der Waals surface area contributed by atoms with Crippen molar-refractivity contribution in [3.63, 3.8) is 0 Å². The average molecular weight is 235 g/mol. The van der Waals surface area contributed by atoms with Crippen molar-refractivity contribution in [3.8, 4) is 6.07 Å². The molecule has 0 bridgehead atoms. The number of nitrogens with zero attached hydrogens (tertiary/aromatic N) is 2. The normalized spacial score (nSPS) is 26.5. The Balaban J connectivity index is 1.76. The van der Waals surface area contributed by atoms with Crippen LogP contribution in [-0.4, -0.2) is 36.0 Å². The molecule has 0 aromatic rings. The summed E-state index contributed by atoms with van der Waals surface area (Å²) in [7, 11) is 0. The number of nitriles is 1. The van der Waals surface area contributed by atoms with E-state index in [2.05, 4.69) is 16.3 Å². The number of carbonyl (C=O) groups is 1. The van der Waals surface area contributed by atoms with Crippen LogP contribution >= 0.6 is 0 Å². The predicted octanol–water partition coefficient (Wildman–Crippen LogP) is 1.28. The molecule has 0 aromatic carbocycles. The summed E-state index contributed by atoms with van der Waals surface area (Å²) in [6, 6.07) is 3.13. The number of nitrogens with one attached hydrogen (secondary N) is 1. The van der Waals surface area contributed by atoms with Crippen LogP contribution in [0.15, 0.2) is 0 Å². The molecule has 2 aliphatic rings. The zero-order valence-corrected chi connectivity index (χ0v) is 10.5. The standard InChI is InChI=1S/C13H21N3O/c1-2-3-10(8-14)13(17)15-11-6-7-16(9-11)12-4-5-12/h10-12H,2-7,9H2,1H3,(H,15,17). The molecule has 2 rings (SSSR count). The van der Waals surface area contributed by atoms with Gasteiger partial charge in [0.1, 0.15) is 5.92 Å². The molecule has 4 nitrogen and oxygen atoms in total. The highest BCUT2D eigenvalue weighted by atomic mass is 16.1. The van der Waals surface area contributed by atoms with E-state index in [-0.39, 0.29) is 11.9 Å². The van der Waals surface area contributed by atoms with Crippen LogP contribution in [0.2, 0.25) is 0 Å². The van der Waals surface area contributed by atoms with Crippen molar-refractivity contribution in [1.82, 2.24) is 10.2 Å².